The number of aromatic nitrogens is 1. The fourth-order valence-corrected chi connectivity index (χ4v) is 2.39. The van der Waals surface area contributed by atoms with Crippen LogP contribution in [0.3, 0.4) is 0 Å². The number of rotatable bonds is 4. The lowest BCUT2D eigenvalue weighted by Crippen LogP contribution is -2.41. The van der Waals surface area contributed by atoms with E-state index in [1.807, 2.05) is 12.3 Å². The molecular formula is C12H17N3O. The van der Waals surface area contributed by atoms with Crippen molar-refractivity contribution < 1.29 is 4.79 Å². The smallest absolute Gasteiger partial charge is 0.138 e. The second-order valence-electron chi connectivity index (χ2n) is 4.12. The lowest BCUT2D eigenvalue weighted by Gasteiger charge is -2.28. The quantitative estimate of drug-likeness (QED) is 0.759. The van der Waals surface area contributed by atoms with Gasteiger partial charge in [0.25, 0.3) is 0 Å². The first-order chi connectivity index (χ1) is 7.86. The Labute approximate surface area is 95.5 Å². The highest BCUT2D eigenvalue weighted by Gasteiger charge is 2.30. The van der Waals surface area contributed by atoms with Gasteiger partial charge in [-0.15, -0.1) is 0 Å². The number of carbonyl (C=O) groups excluding carboxylic acids is 1. The van der Waals surface area contributed by atoms with Gasteiger partial charge in [-0.05, 0) is 31.0 Å². The molecule has 0 aliphatic carbocycles. The lowest BCUT2D eigenvalue weighted by atomic mass is 10.1. The maximum absolute atomic E-state index is 11.0. The van der Waals surface area contributed by atoms with Crippen molar-refractivity contribution in [1.29, 1.82) is 0 Å². The van der Waals surface area contributed by atoms with Crippen molar-refractivity contribution in [3.8, 4) is 0 Å². The zero-order valence-corrected chi connectivity index (χ0v) is 9.25. The van der Waals surface area contributed by atoms with Crippen LogP contribution in [0.1, 0.15) is 24.4 Å². The maximum Gasteiger partial charge on any atom is 0.138 e. The van der Waals surface area contributed by atoms with Crippen LogP contribution in [-0.2, 0) is 4.79 Å². The van der Waals surface area contributed by atoms with Gasteiger partial charge in [-0.2, -0.15) is 0 Å². The molecule has 1 aromatic heterocycles. The minimum atomic E-state index is -0.160. The molecule has 2 heterocycles. The zero-order valence-electron chi connectivity index (χ0n) is 9.25. The summed E-state index contributed by atoms with van der Waals surface area (Å²) in [6.45, 7) is 1.33. The summed E-state index contributed by atoms with van der Waals surface area (Å²) in [5, 5.41) is 0. The molecule has 4 heteroatoms. The van der Waals surface area contributed by atoms with Crippen LogP contribution < -0.4 is 5.73 Å². The summed E-state index contributed by atoms with van der Waals surface area (Å²) in [7, 11) is 0. The van der Waals surface area contributed by atoms with Gasteiger partial charge in [-0.3, -0.25) is 9.88 Å². The van der Waals surface area contributed by atoms with Gasteiger partial charge in [0.2, 0.25) is 0 Å². The van der Waals surface area contributed by atoms with Crippen LogP contribution in [0.5, 0.6) is 0 Å². The first-order valence-electron chi connectivity index (χ1n) is 5.68. The van der Waals surface area contributed by atoms with Gasteiger partial charge in [0, 0.05) is 25.0 Å². The van der Waals surface area contributed by atoms with Crippen LogP contribution in [0, 0.1) is 0 Å². The van der Waals surface area contributed by atoms with Crippen LogP contribution in [-0.4, -0.2) is 35.3 Å². The summed E-state index contributed by atoms with van der Waals surface area (Å²) < 4.78 is 0. The van der Waals surface area contributed by atoms with Gasteiger partial charge in [-0.1, -0.05) is 6.07 Å². The molecule has 1 aliphatic heterocycles. The minimum Gasteiger partial charge on any atom is -0.328 e. The number of hydrogen-bond acceptors (Lipinski definition) is 4. The van der Waals surface area contributed by atoms with Gasteiger partial charge in [0.15, 0.2) is 0 Å². The first-order valence-corrected chi connectivity index (χ1v) is 5.68. The topological polar surface area (TPSA) is 59.2 Å². The van der Waals surface area contributed by atoms with Crippen molar-refractivity contribution >= 4 is 6.29 Å². The number of carbonyl (C=O) groups is 1. The van der Waals surface area contributed by atoms with Crippen LogP contribution >= 0.6 is 0 Å². The third-order valence-electron chi connectivity index (χ3n) is 3.19. The summed E-state index contributed by atoms with van der Waals surface area (Å²) in [5.74, 6) is 0. The van der Waals surface area contributed by atoms with Gasteiger partial charge >= 0.3 is 0 Å². The molecule has 1 aliphatic rings. The van der Waals surface area contributed by atoms with Gasteiger partial charge in [0.1, 0.15) is 6.29 Å². The Kier molecular flexibility index (Phi) is 3.64. The van der Waals surface area contributed by atoms with Crippen molar-refractivity contribution in [1.82, 2.24) is 9.88 Å². The third kappa shape index (κ3) is 2.13. The number of aldehydes is 1. The molecule has 1 aromatic rings. The molecule has 2 rings (SSSR count). The summed E-state index contributed by atoms with van der Waals surface area (Å²) in [5.41, 5.74) is 6.80. The molecule has 1 saturated heterocycles. The third-order valence-corrected chi connectivity index (χ3v) is 3.19. The van der Waals surface area contributed by atoms with Crippen LogP contribution in [0.4, 0.5) is 0 Å². The van der Waals surface area contributed by atoms with E-state index in [0.29, 0.717) is 12.6 Å². The highest BCUT2D eigenvalue weighted by molar-refractivity contribution is 5.58. The molecule has 0 aromatic carbocycles. The van der Waals surface area contributed by atoms with Crippen LogP contribution in [0.2, 0.25) is 0 Å². The molecule has 16 heavy (non-hydrogen) atoms. The monoisotopic (exact) mass is 219 g/mol. The Morgan fingerprint density at radius 3 is 3.19 bits per heavy atom. The summed E-state index contributed by atoms with van der Waals surface area (Å²) in [6.07, 6.45) is 6.79. The van der Waals surface area contributed by atoms with Crippen molar-refractivity contribution in [2.45, 2.75) is 24.9 Å². The molecule has 0 spiro atoms. The maximum atomic E-state index is 11.0. The van der Waals surface area contributed by atoms with E-state index < -0.39 is 0 Å². The molecule has 2 atom stereocenters. The molecular weight excluding hydrogens is 202 g/mol. The average Bonchev–Trinajstić information content (AvgIpc) is 2.81. The molecule has 0 bridgehead atoms. The lowest BCUT2D eigenvalue weighted by molar-refractivity contribution is -0.112. The van der Waals surface area contributed by atoms with E-state index in [-0.39, 0.29) is 6.04 Å². The standard InChI is InChI=1S/C12H17N3O/c13-7-11(9-16)15-6-2-4-12(15)10-3-1-5-14-8-10/h1,3,5,8-9,11-12H,2,4,6-7,13H2. The Bertz CT molecular complexity index is 341. The zero-order chi connectivity index (χ0) is 11.4. The van der Waals surface area contributed by atoms with Gasteiger partial charge in [0.05, 0.1) is 6.04 Å². The van der Waals surface area contributed by atoms with E-state index in [9.17, 15) is 4.79 Å². The SMILES string of the molecule is NCC(C=O)N1CCCC1c1cccnc1. The Morgan fingerprint density at radius 1 is 1.69 bits per heavy atom. The van der Waals surface area contributed by atoms with E-state index in [1.54, 1.807) is 6.20 Å². The molecule has 0 radical (unpaired) electrons. The fourth-order valence-electron chi connectivity index (χ4n) is 2.39. The molecule has 2 unspecified atom stereocenters. The summed E-state index contributed by atoms with van der Waals surface area (Å²) in [6, 6.07) is 4.14. The van der Waals surface area contributed by atoms with Crippen molar-refractivity contribution in [2.24, 2.45) is 5.73 Å². The predicted molar refractivity (Wildman–Crippen MR) is 61.8 cm³/mol. The predicted octanol–water partition coefficient (Wildman–Crippen LogP) is 0.745. The largest absolute Gasteiger partial charge is 0.328 e. The second kappa shape index (κ2) is 5.18. The van der Waals surface area contributed by atoms with E-state index in [1.165, 1.54) is 5.56 Å². The number of likely N-dealkylation sites (tertiary alicyclic amines) is 1. The number of hydrogen-bond donors (Lipinski definition) is 1. The van der Waals surface area contributed by atoms with Crippen LogP contribution in [0.15, 0.2) is 24.5 Å². The molecule has 1 fully saturated rings. The first kappa shape index (κ1) is 11.2. The molecule has 0 amide bonds. The van der Waals surface area contributed by atoms with Crippen molar-refractivity contribution in [3.63, 3.8) is 0 Å². The van der Waals surface area contributed by atoms with Gasteiger partial charge < -0.3 is 10.5 Å². The second-order valence-corrected chi connectivity index (χ2v) is 4.12. The summed E-state index contributed by atoms with van der Waals surface area (Å²) in [4.78, 5) is 17.3. The minimum absolute atomic E-state index is 0.160. The van der Waals surface area contributed by atoms with Crippen molar-refractivity contribution in [3.05, 3.63) is 30.1 Å². The average molecular weight is 219 g/mol. The van der Waals surface area contributed by atoms with Crippen LogP contribution in [0.25, 0.3) is 0 Å². The van der Waals surface area contributed by atoms with E-state index in [0.717, 1.165) is 25.7 Å². The Balaban J connectivity index is 2.18. The molecule has 86 valence electrons. The fraction of sp³-hybridized carbons (Fsp3) is 0.500. The van der Waals surface area contributed by atoms with E-state index >= 15 is 0 Å². The van der Waals surface area contributed by atoms with Gasteiger partial charge in [-0.25, -0.2) is 0 Å². The number of nitrogens with zero attached hydrogens (tertiary/aromatic N) is 2. The number of nitrogens with two attached hydrogens (primary N) is 1. The van der Waals surface area contributed by atoms with E-state index in [2.05, 4.69) is 16.0 Å². The highest BCUT2D eigenvalue weighted by Crippen LogP contribution is 2.32. The molecule has 4 nitrogen and oxygen atoms in total. The Hall–Kier alpha value is -1.26. The number of pyridine rings is 1. The normalized spacial score (nSPS) is 23.2. The molecule has 2 N–H and O–H groups in total. The molecule has 0 saturated carbocycles. The Morgan fingerprint density at radius 2 is 2.56 bits per heavy atom. The highest BCUT2D eigenvalue weighted by atomic mass is 16.1. The summed E-state index contributed by atoms with van der Waals surface area (Å²) >= 11 is 0. The van der Waals surface area contributed by atoms with E-state index in [4.69, 9.17) is 5.73 Å². The van der Waals surface area contributed by atoms with Crippen molar-refractivity contribution in [2.75, 3.05) is 13.1 Å².